The molecule has 3 rings (SSSR count). The highest BCUT2D eigenvalue weighted by Crippen LogP contribution is 2.21. The standard InChI is InChI=1S/C17H15BrClN3O3S/c1-22(26(23,24)11-12-4-2-7-15(19)8-12)10-16-20-17(21-25-16)13-5-3-6-14(18)9-13/h2-9H,10-11H2,1H3. The summed E-state index contributed by atoms with van der Waals surface area (Å²) in [6.07, 6.45) is 0. The topological polar surface area (TPSA) is 76.3 Å². The van der Waals surface area contributed by atoms with Gasteiger partial charge in [0.2, 0.25) is 21.7 Å². The summed E-state index contributed by atoms with van der Waals surface area (Å²) in [6, 6.07) is 14.2. The average Bonchev–Trinajstić information content (AvgIpc) is 3.03. The van der Waals surface area contributed by atoms with Crippen LogP contribution >= 0.6 is 27.5 Å². The monoisotopic (exact) mass is 455 g/mol. The molecule has 1 aromatic heterocycles. The molecular formula is C17H15BrClN3O3S. The SMILES string of the molecule is CN(Cc1nc(-c2cccc(Br)c2)no1)S(=O)(=O)Cc1cccc(Cl)c1. The van der Waals surface area contributed by atoms with Gasteiger partial charge in [0.05, 0.1) is 12.3 Å². The molecule has 0 N–H and O–H groups in total. The van der Waals surface area contributed by atoms with Gasteiger partial charge in [0.1, 0.15) is 0 Å². The number of hydrogen-bond donors (Lipinski definition) is 0. The summed E-state index contributed by atoms with van der Waals surface area (Å²) in [7, 11) is -2.08. The van der Waals surface area contributed by atoms with E-state index >= 15 is 0 Å². The van der Waals surface area contributed by atoms with Crippen molar-refractivity contribution in [3.05, 3.63) is 69.5 Å². The van der Waals surface area contributed by atoms with Gasteiger partial charge in [0, 0.05) is 22.1 Å². The molecule has 136 valence electrons. The fourth-order valence-corrected chi connectivity index (χ4v) is 4.04. The Balaban J connectivity index is 1.72. The summed E-state index contributed by atoms with van der Waals surface area (Å²) >= 11 is 9.30. The molecule has 0 aliphatic carbocycles. The Morgan fingerprint density at radius 3 is 2.69 bits per heavy atom. The van der Waals surface area contributed by atoms with Gasteiger partial charge in [-0.05, 0) is 29.8 Å². The highest BCUT2D eigenvalue weighted by molar-refractivity contribution is 9.10. The summed E-state index contributed by atoms with van der Waals surface area (Å²) in [4.78, 5) is 4.27. The Bertz CT molecular complexity index is 1020. The van der Waals surface area contributed by atoms with Crippen LogP contribution in [0.3, 0.4) is 0 Å². The number of benzene rings is 2. The number of rotatable bonds is 6. The van der Waals surface area contributed by atoms with Crippen LogP contribution in [0.5, 0.6) is 0 Å². The van der Waals surface area contributed by atoms with Gasteiger partial charge in [-0.3, -0.25) is 0 Å². The third kappa shape index (κ3) is 4.70. The molecule has 0 saturated carbocycles. The van der Waals surface area contributed by atoms with Gasteiger partial charge >= 0.3 is 0 Å². The molecular weight excluding hydrogens is 442 g/mol. The van der Waals surface area contributed by atoms with Crippen molar-refractivity contribution in [2.45, 2.75) is 12.3 Å². The van der Waals surface area contributed by atoms with E-state index in [4.69, 9.17) is 16.1 Å². The van der Waals surface area contributed by atoms with Gasteiger partial charge in [-0.25, -0.2) is 8.42 Å². The molecule has 6 nitrogen and oxygen atoms in total. The van der Waals surface area contributed by atoms with Crippen LogP contribution in [-0.2, 0) is 22.3 Å². The van der Waals surface area contributed by atoms with Gasteiger partial charge in [0.15, 0.2) is 0 Å². The molecule has 0 unspecified atom stereocenters. The predicted octanol–water partition coefficient (Wildman–Crippen LogP) is 4.11. The zero-order valence-electron chi connectivity index (χ0n) is 13.8. The van der Waals surface area contributed by atoms with E-state index in [9.17, 15) is 8.42 Å². The Hall–Kier alpha value is -1.74. The van der Waals surface area contributed by atoms with Gasteiger partial charge in [-0.1, -0.05) is 57.0 Å². The molecule has 0 aliphatic rings. The predicted molar refractivity (Wildman–Crippen MR) is 103 cm³/mol. The molecule has 0 amide bonds. The normalized spacial score (nSPS) is 11.8. The summed E-state index contributed by atoms with van der Waals surface area (Å²) in [6.45, 7) is -0.0100. The van der Waals surface area contributed by atoms with E-state index in [1.54, 1.807) is 24.3 Å². The largest absolute Gasteiger partial charge is 0.338 e. The molecule has 0 fully saturated rings. The van der Waals surface area contributed by atoms with E-state index < -0.39 is 10.0 Å². The Labute approximate surface area is 165 Å². The van der Waals surface area contributed by atoms with Crippen LogP contribution in [0.4, 0.5) is 0 Å². The molecule has 9 heteroatoms. The highest BCUT2D eigenvalue weighted by atomic mass is 79.9. The molecule has 0 atom stereocenters. The van der Waals surface area contributed by atoms with Crippen molar-refractivity contribution in [2.24, 2.45) is 0 Å². The second kappa shape index (κ2) is 7.87. The van der Waals surface area contributed by atoms with Crippen LogP contribution < -0.4 is 0 Å². The van der Waals surface area contributed by atoms with E-state index in [2.05, 4.69) is 26.1 Å². The number of hydrogen-bond acceptors (Lipinski definition) is 5. The van der Waals surface area contributed by atoms with Gasteiger partial charge in [0.25, 0.3) is 0 Å². The van der Waals surface area contributed by atoms with E-state index in [1.807, 2.05) is 24.3 Å². The molecule has 0 radical (unpaired) electrons. The average molecular weight is 457 g/mol. The second-order valence-electron chi connectivity index (χ2n) is 5.66. The lowest BCUT2D eigenvalue weighted by atomic mass is 10.2. The number of halogens is 2. The maximum Gasteiger partial charge on any atom is 0.242 e. The van der Waals surface area contributed by atoms with Crippen molar-refractivity contribution in [1.82, 2.24) is 14.4 Å². The fraction of sp³-hybridized carbons (Fsp3) is 0.176. The molecule has 0 saturated heterocycles. The first-order valence-electron chi connectivity index (χ1n) is 7.60. The van der Waals surface area contributed by atoms with Crippen LogP contribution in [-0.4, -0.2) is 29.9 Å². The van der Waals surface area contributed by atoms with E-state index in [1.165, 1.54) is 11.4 Å². The summed E-state index contributed by atoms with van der Waals surface area (Å²) in [5, 5.41) is 4.41. The summed E-state index contributed by atoms with van der Waals surface area (Å²) in [5.41, 5.74) is 1.39. The molecule has 1 heterocycles. The summed E-state index contributed by atoms with van der Waals surface area (Å²) < 4.78 is 32.3. The molecule has 2 aromatic carbocycles. The Morgan fingerprint density at radius 2 is 1.96 bits per heavy atom. The lowest BCUT2D eigenvalue weighted by Crippen LogP contribution is -2.27. The zero-order chi connectivity index (χ0) is 18.7. The summed E-state index contributed by atoms with van der Waals surface area (Å²) in [5.74, 6) is 0.468. The van der Waals surface area contributed by atoms with Gasteiger partial charge < -0.3 is 4.52 Å². The molecule has 0 spiro atoms. The Kier molecular flexibility index (Phi) is 5.76. The second-order valence-corrected chi connectivity index (χ2v) is 9.09. The minimum absolute atomic E-state index is 0.0100. The lowest BCUT2D eigenvalue weighted by Gasteiger charge is -2.15. The molecule has 3 aromatic rings. The zero-order valence-corrected chi connectivity index (χ0v) is 16.9. The van der Waals surface area contributed by atoms with Crippen molar-refractivity contribution in [3.63, 3.8) is 0 Å². The molecule has 26 heavy (non-hydrogen) atoms. The van der Waals surface area contributed by atoms with Gasteiger partial charge in [-0.15, -0.1) is 0 Å². The van der Waals surface area contributed by atoms with Crippen LogP contribution in [0.1, 0.15) is 11.5 Å². The minimum Gasteiger partial charge on any atom is -0.338 e. The molecule has 0 aliphatic heterocycles. The maximum atomic E-state index is 12.5. The minimum atomic E-state index is -3.55. The van der Waals surface area contributed by atoms with Crippen molar-refractivity contribution in [2.75, 3.05) is 7.05 Å². The van der Waals surface area contributed by atoms with Crippen LogP contribution in [0.15, 0.2) is 57.5 Å². The van der Waals surface area contributed by atoms with Crippen molar-refractivity contribution in [1.29, 1.82) is 0 Å². The Morgan fingerprint density at radius 1 is 1.19 bits per heavy atom. The first-order valence-corrected chi connectivity index (χ1v) is 10.4. The number of sulfonamides is 1. The fourth-order valence-electron chi connectivity index (χ4n) is 2.30. The maximum absolute atomic E-state index is 12.5. The number of nitrogens with zero attached hydrogens (tertiary/aromatic N) is 3. The van der Waals surface area contributed by atoms with E-state index in [0.717, 1.165) is 10.0 Å². The first kappa shape index (κ1) is 19.0. The third-order valence-corrected chi connectivity index (χ3v) is 6.13. The van der Waals surface area contributed by atoms with Crippen molar-refractivity contribution < 1.29 is 12.9 Å². The first-order chi connectivity index (χ1) is 12.3. The van der Waals surface area contributed by atoms with Crippen LogP contribution in [0.2, 0.25) is 5.02 Å². The molecule has 0 bridgehead atoms. The lowest BCUT2D eigenvalue weighted by molar-refractivity contribution is 0.336. The van der Waals surface area contributed by atoms with Crippen LogP contribution in [0, 0.1) is 0 Å². The van der Waals surface area contributed by atoms with E-state index in [0.29, 0.717) is 16.4 Å². The van der Waals surface area contributed by atoms with E-state index in [-0.39, 0.29) is 18.2 Å². The quantitative estimate of drug-likeness (QED) is 0.558. The van der Waals surface area contributed by atoms with Crippen molar-refractivity contribution >= 4 is 37.6 Å². The smallest absolute Gasteiger partial charge is 0.242 e. The van der Waals surface area contributed by atoms with Gasteiger partial charge in [-0.2, -0.15) is 9.29 Å². The van der Waals surface area contributed by atoms with Crippen LogP contribution in [0.25, 0.3) is 11.4 Å². The third-order valence-electron chi connectivity index (χ3n) is 3.62. The highest BCUT2D eigenvalue weighted by Gasteiger charge is 2.21. The number of aromatic nitrogens is 2. The van der Waals surface area contributed by atoms with Crippen molar-refractivity contribution in [3.8, 4) is 11.4 Å².